The van der Waals surface area contributed by atoms with Crippen molar-refractivity contribution in [3.05, 3.63) is 65.2 Å². The molecule has 2 heterocycles. The van der Waals surface area contributed by atoms with E-state index in [2.05, 4.69) is 39.8 Å². The van der Waals surface area contributed by atoms with Crippen molar-refractivity contribution < 1.29 is 19.8 Å². The average Bonchev–Trinajstić information content (AvgIpc) is 3.30. The van der Waals surface area contributed by atoms with Gasteiger partial charge in [-0.3, -0.25) is 15.0 Å². The van der Waals surface area contributed by atoms with Crippen molar-refractivity contribution in [2.75, 3.05) is 13.1 Å². The Morgan fingerprint density at radius 3 is 2.62 bits per heavy atom. The molecule has 4 fully saturated rings. The number of amides is 3. The predicted molar refractivity (Wildman–Crippen MR) is 124 cm³/mol. The van der Waals surface area contributed by atoms with E-state index >= 15 is 0 Å². The molecule has 2 aliphatic heterocycles. The highest BCUT2D eigenvalue weighted by atomic mass is 16.3. The van der Waals surface area contributed by atoms with Crippen molar-refractivity contribution in [2.45, 2.75) is 66.5 Å². The van der Waals surface area contributed by atoms with Crippen molar-refractivity contribution in [2.24, 2.45) is 0 Å². The van der Waals surface area contributed by atoms with Gasteiger partial charge < -0.3 is 15.5 Å². The molecule has 5 unspecified atom stereocenters. The average molecular weight is 460 g/mol. The Bertz CT molecular complexity index is 1230. The number of hydrogen-bond donors (Lipinski definition) is 4. The normalized spacial score (nSPS) is 39.3. The molecule has 2 bridgehead atoms. The molecule has 7 nitrogen and oxygen atoms in total. The lowest BCUT2D eigenvalue weighted by Gasteiger charge is -2.63. The Morgan fingerprint density at radius 1 is 1.03 bits per heavy atom. The quantitative estimate of drug-likeness (QED) is 0.525. The Labute approximate surface area is 198 Å². The molecule has 2 aromatic rings. The van der Waals surface area contributed by atoms with Crippen LogP contribution in [0.25, 0.3) is 0 Å². The van der Waals surface area contributed by atoms with Crippen molar-refractivity contribution in [1.29, 1.82) is 0 Å². The van der Waals surface area contributed by atoms with Gasteiger partial charge in [-0.1, -0.05) is 36.4 Å². The second-order valence-electron chi connectivity index (χ2n) is 11.2. The number of carbonyl (C=O) groups is 2. The van der Waals surface area contributed by atoms with Gasteiger partial charge in [0.15, 0.2) is 0 Å². The van der Waals surface area contributed by atoms with E-state index < -0.39 is 22.6 Å². The van der Waals surface area contributed by atoms with Gasteiger partial charge in [0.1, 0.15) is 11.3 Å². The third-order valence-electron chi connectivity index (χ3n) is 9.63. The number of nitrogens with zero attached hydrogens (tertiary/aromatic N) is 1. The summed E-state index contributed by atoms with van der Waals surface area (Å²) in [7, 11) is 0. The third kappa shape index (κ3) is 2.29. The van der Waals surface area contributed by atoms with Crippen LogP contribution in [0.5, 0.6) is 5.75 Å². The first-order valence-electron chi connectivity index (χ1n) is 12.3. The highest BCUT2D eigenvalue weighted by molar-refractivity contribution is 6.07. The van der Waals surface area contributed by atoms with Gasteiger partial charge >= 0.3 is 6.03 Å². The molecular weight excluding hydrogens is 430 g/mol. The molecule has 5 aliphatic rings. The fourth-order valence-corrected chi connectivity index (χ4v) is 8.52. The number of phenols is 1. The Hall–Kier alpha value is -2.90. The Balaban J connectivity index is 1.25. The fourth-order valence-electron chi connectivity index (χ4n) is 8.52. The molecule has 0 radical (unpaired) electrons. The number of aryl methyl sites for hydroxylation is 1. The number of carbonyl (C=O) groups excluding carboxylic acids is 2. The SMILES string of the molecule is O=C1NC(=O)C2(CCC3(O)C4N(CCCc5ccccc5)CC45CC3(C2)c2cc(O)ccc25)N1. The summed E-state index contributed by atoms with van der Waals surface area (Å²) in [6.45, 7) is 1.79. The minimum Gasteiger partial charge on any atom is -0.508 e. The molecule has 34 heavy (non-hydrogen) atoms. The van der Waals surface area contributed by atoms with Crippen molar-refractivity contribution >= 4 is 11.9 Å². The first-order chi connectivity index (χ1) is 16.3. The maximum Gasteiger partial charge on any atom is 0.322 e. The van der Waals surface area contributed by atoms with Crippen LogP contribution in [0.2, 0.25) is 0 Å². The number of phenolic OH excluding ortho intramolecular Hbond substituents is 1. The zero-order valence-corrected chi connectivity index (χ0v) is 19.0. The van der Waals surface area contributed by atoms with Crippen LogP contribution in [0.15, 0.2) is 48.5 Å². The molecule has 5 atom stereocenters. The topological polar surface area (TPSA) is 102 Å². The fraction of sp³-hybridized carbons (Fsp3) is 0.481. The lowest BCUT2D eigenvalue weighted by Crippen LogP contribution is -2.76. The largest absolute Gasteiger partial charge is 0.508 e. The molecule has 3 amide bonds. The molecule has 0 aromatic heterocycles. The van der Waals surface area contributed by atoms with E-state index in [-0.39, 0.29) is 23.1 Å². The number of benzene rings is 2. The van der Waals surface area contributed by atoms with Crippen molar-refractivity contribution in [1.82, 2.24) is 15.5 Å². The minimum atomic E-state index is -1.00. The van der Waals surface area contributed by atoms with Crippen molar-refractivity contribution in [3.63, 3.8) is 0 Å². The maximum absolute atomic E-state index is 12.9. The van der Waals surface area contributed by atoms with Gasteiger partial charge in [0.25, 0.3) is 5.91 Å². The number of aliphatic hydroxyl groups is 1. The maximum atomic E-state index is 12.9. The van der Waals surface area contributed by atoms with Crippen LogP contribution < -0.4 is 10.6 Å². The van der Waals surface area contributed by atoms with Crippen LogP contribution in [0, 0.1) is 0 Å². The number of fused-ring (bicyclic) bond motifs is 2. The summed E-state index contributed by atoms with van der Waals surface area (Å²) < 4.78 is 0. The van der Waals surface area contributed by atoms with E-state index in [1.165, 1.54) is 11.1 Å². The van der Waals surface area contributed by atoms with Crippen LogP contribution >= 0.6 is 0 Å². The first-order valence-corrected chi connectivity index (χ1v) is 12.3. The zero-order chi connectivity index (χ0) is 23.3. The number of rotatable bonds is 4. The molecular formula is C27H29N3O4. The van der Waals surface area contributed by atoms with Gasteiger partial charge in [0.2, 0.25) is 0 Å². The van der Waals surface area contributed by atoms with Gasteiger partial charge in [0, 0.05) is 17.4 Å². The number of likely N-dealkylation sites (tertiary alicyclic amines) is 1. The van der Waals surface area contributed by atoms with E-state index in [1.54, 1.807) is 12.1 Å². The number of hydrogen-bond acceptors (Lipinski definition) is 5. The van der Waals surface area contributed by atoms with Gasteiger partial charge in [-0.15, -0.1) is 0 Å². The smallest absolute Gasteiger partial charge is 0.322 e. The van der Waals surface area contributed by atoms with Crippen LogP contribution in [0.1, 0.15) is 48.8 Å². The lowest BCUT2D eigenvalue weighted by atomic mass is 9.52. The summed E-state index contributed by atoms with van der Waals surface area (Å²) >= 11 is 0. The standard InChI is InChI=1S/C27H29N3O4/c31-18-8-9-19-20(13-18)25-14-24(19)16-30(12-4-7-17-5-2-1-3-6-17)21(24)27(25,34)11-10-26(15-25)22(32)28-23(33)29-26/h1-3,5-6,8-9,13,21,31,34H,4,7,10-12,14-16H2,(H2,28,29,32,33). The molecule has 7 rings (SSSR count). The number of nitrogens with one attached hydrogen (secondary N) is 2. The molecule has 176 valence electrons. The van der Waals surface area contributed by atoms with Crippen LogP contribution in [-0.4, -0.2) is 57.3 Å². The summed E-state index contributed by atoms with van der Waals surface area (Å²) in [5.41, 5.74) is 0.632. The van der Waals surface area contributed by atoms with E-state index in [4.69, 9.17) is 0 Å². The second-order valence-corrected chi connectivity index (χ2v) is 11.2. The van der Waals surface area contributed by atoms with Gasteiger partial charge in [-0.25, -0.2) is 4.79 Å². The highest BCUT2D eigenvalue weighted by Crippen LogP contribution is 2.74. The van der Waals surface area contributed by atoms with Crippen molar-refractivity contribution in [3.8, 4) is 5.75 Å². The number of aromatic hydroxyl groups is 1. The van der Waals surface area contributed by atoms with E-state index in [0.29, 0.717) is 19.3 Å². The third-order valence-corrected chi connectivity index (χ3v) is 9.63. The van der Waals surface area contributed by atoms with Gasteiger partial charge in [-0.2, -0.15) is 0 Å². The van der Waals surface area contributed by atoms with Gasteiger partial charge in [0.05, 0.1) is 11.6 Å². The highest BCUT2D eigenvalue weighted by Gasteiger charge is 2.82. The lowest BCUT2D eigenvalue weighted by molar-refractivity contribution is -0.159. The van der Waals surface area contributed by atoms with E-state index in [1.807, 2.05) is 12.1 Å². The summed E-state index contributed by atoms with van der Waals surface area (Å²) in [5.74, 6) is -0.120. The number of imide groups is 1. The zero-order valence-electron chi connectivity index (χ0n) is 19.0. The van der Waals surface area contributed by atoms with Crippen LogP contribution in [-0.2, 0) is 22.0 Å². The van der Waals surface area contributed by atoms with Crippen LogP contribution in [0.3, 0.4) is 0 Å². The van der Waals surface area contributed by atoms with Crippen LogP contribution in [0.4, 0.5) is 4.79 Å². The van der Waals surface area contributed by atoms with Gasteiger partial charge in [-0.05, 0) is 73.9 Å². The second kappa shape index (κ2) is 6.40. The minimum absolute atomic E-state index is 0.00895. The summed E-state index contributed by atoms with van der Waals surface area (Å²) in [6, 6.07) is 15.6. The molecule has 4 N–H and O–H groups in total. The monoisotopic (exact) mass is 459 g/mol. The van der Waals surface area contributed by atoms with E-state index in [9.17, 15) is 19.8 Å². The molecule has 2 aromatic carbocycles. The Morgan fingerprint density at radius 2 is 1.85 bits per heavy atom. The molecule has 2 saturated heterocycles. The summed E-state index contributed by atoms with van der Waals surface area (Å²) in [4.78, 5) is 27.4. The summed E-state index contributed by atoms with van der Waals surface area (Å²) in [6.07, 6.45) is 3.99. The first kappa shape index (κ1) is 20.5. The summed E-state index contributed by atoms with van der Waals surface area (Å²) in [5, 5.41) is 28.1. The molecule has 3 aliphatic carbocycles. The molecule has 3 spiro atoms. The Kier molecular flexibility index (Phi) is 3.85. The number of urea groups is 1. The van der Waals surface area contributed by atoms with E-state index in [0.717, 1.165) is 37.9 Å². The predicted octanol–water partition coefficient (Wildman–Crippen LogP) is 2.10. The molecule has 7 heteroatoms. The molecule has 2 saturated carbocycles.